The number of hydrogen-bond donors (Lipinski definition) is 15. The zero-order valence-electron chi connectivity index (χ0n) is 31.4. The van der Waals surface area contributed by atoms with Crippen LogP contribution in [0.4, 0.5) is 0 Å². The van der Waals surface area contributed by atoms with Crippen molar-refractivity contribution in [1.29, 1.82) is 0 Å². The highest BCUT2D eigenvalue weighted by atomic mass is 16.4. The Morgan fingerprint density at radius 3 is 0.745 bits per heavy atom. The van der Waals surface area contributed by atoms with Crippen LogP contribution in [0.3, 0.4) is 0 Å². The van der Waals surface area contributed by atoms with Crippen LogP contribution >= 0.6 is 0 Å². The molecule has 27 nitrogen and oxygen atoms in total. The maximum Gasteiger partial charge on any atom is 0.394 e. The number of hydrogen-bond acceptors (Lipinski definition) is 17. The molecule has 0 aliphatic carbocycles. The highest BCUT2D eigenvalue weighted by molar-refractivity contribution is 6.45. The van der Waals surface area contributed by atoms with Gasteiger partial charge in [0.15, 0.2) is 0 Å². The Morgan fingerprint density at radius 2 is 0.509 bits per heavy atom. The second kappa shape index (κ2) is 50.5. The second-order valence-electron chi connectivity index (χ2n) is 10.5. The van der Waals surface area contributed by atoms with Crippen LogP contribution < -0.4 is 69.1 Å². The molecule has 0 atom stereocenters. The minimum Gasteiger partial charge on any atom is -0.480 e. The van der Waals surface area contributed by atoms with Crippen molar-refractivity contribution in [3.63, 3.8) is 0 Å². The lowest BCUT2D eigenvalue weighted by molar-refractivity contribution is -0.153. The molecule has 0 radical (unpaired) electrons. The predicted molar refractivity (Wildman–Crippen MR) is 205 cm³/mol. The first kappa shape index (κ1) is 66.4. The Labute approximate surface area is 320 Å². The van der Waals surface area contributed by atoms with E-state index in [0.29, 0.717) is 19.6 Å². The number of aliphatic carboxylic acids is 2. The summed E-state index contributed by atoms with van der Waals surface area (Å²) in [6, 6.07) is 0. The Bertz CT molecular complexity index is 931. The van der Waals surface area contributed by atoms with Gasteiger partial charge in [-0.05, 0) is 0 Å². The predicted octanol–water partition coefficient (Wildman–Crippen LogP) is -13.0. The SMILES string of the molecule is O.O.O.O.O.O.O=C(O)CNCCNCCNCCNCCNCCNCCNCCNCCNCCNCCNCC(=O)NC(=O)C(=O)NC(=O)C(=O)O. The standard InChI is InChI=1S/C28H59N13O8.6H2O/c42-23(40-25(45)26(46)41-27(47)28(48)49)21-38-19-17-36-15-13-34-11-9-32-7-5-30-3-1-29-2-4-31-6-8-33-10-12-35-14-16-37-18-20-39-22-24(43)44;;;;;;/h29-39H,1-22H2,(H,43,44)(H,48,49)(H,40,42,45)(H,41,46,47);6*1H2. The molecule has 27 N–H and O–H groups in total. The molecular weight excluding hydrogens is 742 g/mol. The van der Waals surface area contributed by atoms with Crippen LogP contribution in [-0.4, -0.2) is 223 Å². The smallest absolute Gasteiger partial charge is 0.394 e. The summed E-state index contributed by atoms with van der Waals surface area (Å²) in [6.07, 6.45) is 0. The minimum atomic E-state index is -1.93. The number of carboxylic acids is 2. The van der Waals surface area contributed by atoms with Crippen LogP contribution in [-0.2, 0) is 28.8 Å². The highest BCUT2D eigenvalue weighted by Crippen LogP contribution is 1.74. The molecule has 27 heteroatoms. The number of carbonyl (C=O) groups excluding carboxylic acids is 4. The molecule has 0 unspecified atom stereocenters. The van der Waals surface area contributed by atoms with Crippen LogP contribution in [0.2, 0.25) is 0 Å². The summed E-state index contributed by atoms with van der Waals surface area (Å²) in [5.41, 5.74) is 0. The van der Waals surface area contributed by atoms with Gasteiger partial charge in [-0.1, -0.05) is 0 Å². The summed E-state index contributed by atoms with van der Waals surface area (Å²) < 4.78 is 0. The quantitative estimate of drug-likeness (QED) is 0.0212. The molecule has 0 fully saturated rings. The lowest BCUT2D eigenvalue weighted by atomic mass is 10.4. The molecule has 0 aromatic heterocycles. The summed E-state index contributed by atoms with van der Waals surface area (Å²) in [4.78, 5) is 65.9. The van der Waals surface area contributed by atoms with E-state index >= 15 is 0 Å². The number of amides is 4. The molecule has 0 saturated heterocycles. The van der Waals surface area contributed by atoms with E-state index in [9.17, 15) is 28.8 Å². The van der Waals surface area contributed by atoms with Crippen molar-refractivity contribution in [2.75, 3.05) is 144 Å². The molecule has 0 aliphatic heterocycles. The molecule has 4 amide bonds. The summed E-state index contributed by atoms with van der Waals surface area (Å²) in [5, 5.41) is 55.6. The lowest BCUT2D eigenvalue weighted by Crippen LogP contribution is -2.48. The van der Waals surface area contributed by atoms with Gasteiger partial charge in [-0.25, -0.2) is 4.79 Å². The molecular formula is C28H71N13O14. The molecule has 0 spiro atoms. The Morgan fingerprint density at radius 1 is 0.291 bits per heavy atom. The fourth-order valence-corrected chi connectivity index (χ4v) is 3.73. The maximum absolute atomic E-state index is 11.6. The molecule has 0 saturated carbocycles. The average Bonchev–Trinajstić information content (AvgIpc) is 3.06. The van der Waals surface area contributed by atoms with Gasteiger partial charge in [0.1, 0.15) is 0 Å². The number of imide groups is 2. The zero-order chi connectivity index (χ0) is 36.2. The van der Waals surface area contributed by atoms with Gasteiger partial charge in [-0.15, -0.1) is 0 Å². The second-order valence-corrected chi connectivity index (χ2v) is 10.5. The van der Waals surface area contributed by atoms with Crippen LogP contribution in [0.5, 0.6) is 0 Å². The first-order valence-electron chi connectivity index (χ1n) is 16.7. The van der Waals surface area contributed by atoms with Crippen molar-refractivity contribution in [3.05, 3.63) is 0 Å². The van der Waals surface area contributed by atoms with Crippen molar-refractivity contribution in [1.82, 2.24) is 69.1 Å². The topological polar surface area (TPSA) is 488 Å². The van der Waals surface area contributed by atoms with Gasteiger partial charge in [-0.2, -0.15) is 0 Å². The molecule has 0 bridgehead atoms. The molecule has 332 valence electrons. The van der Waals surface area contributed by atoms with E-state index in [0.717, 1.165) is 111 Å². The highest BCUT2D eigenvalue weighted by Gasteiger charge is 2.22. The fourth-order valence-electron chi connectivity index (χ4n) is 3.73. The third-order valence-corrected chi connectivity index (χ3v) is 6.23. The largest absolute Gasteiger partial charge is 0.480 e. The van der Waals surface area contributed by atoms with Crippen molar-refractivity contribution in [2.45, 2.75) is 0 Å². The van der Waals surface area contributed by atoms with Crippen molar-refractivity contribution in [2.24, 2.45) is 0 Å². The molecule has 0 aromatic rings. The summed E-state index contributed by atoms with van der Waals surface area (Å²) in [7, 11) is 0. The third-order valence-electron chi connectivity index (χ3n) is 6.23. The van der Waals surface area contributed by atoms with Crippen molar-refractivity contribution in [3.8, 4) is 0 Å². The van der Waals surface area contributed by atoms with E-state index in [2.05, 4.69) is 58.5 Å². The maximum atomic E-state index is 11.6. The van der Waals surface area contributed by atoms with Gasteiger partial charge in [0.25, 0.3) is 0 Å². The molecule has 55 heavy (non-hydrogen) atoms. The Balaban J connectivity index is -0.000000768. The van der Waals surface area contributed by atoms with Gasteiger partial charge in [0.2, 0.25) is 5.91 Å². The van der Waals surface area contributed by atoms with Crippen LogP contribution in [0.1, 0.15) is 0 Å². The Hall–Kier alpha value is -3.46. The van der Waals surface area contributed by atoms with E-state index in [1.165, 1.54) is 5.32 Å². The third kappa shape index (κ3) is 50.5. The van der Waals surface area contributed by atoms with E-state index in [4.69, 9.17) is 10.2 Å². The van der Waals surface area contributed by atoms with Crippen LogP contribution in [0.25, 0.3) is 0 Å². The summed E-state index contributed by atoms with van der Waals surface area (Å²) in [6.45, 7) is 16.1. The summed E-state index contributed by atoms with van der Waals surface area (Å²) >= 11 is 0. The number of nitrogens with one attached hydrogen (secondary N) is 13. The Kier molecular flexibility index (Phi) is 61.0. The fraction of sp³-hybridized carbons (Fsp3) is 0.786. The van der Waals surface area contributed by atoms with E-state index in [1.807, 2.05) is 0 Å². The molecule has 0 aliphatic rings. The van der Waals surface area contributed by atoms with Crippen LogP contribution in [0, 0.1) is 0 Å². The van der Waals surface area contributed by atoms with Crippen molar-refractivity contribution >= 4 is 35.6 Å². The first-order valence-corrected chi connectivity index (χ1v) is 16.7. The molecule has 0 aromatic carbocycles. The van der Waals surface area contributed by atoms with Gasteiger partial charge >= 0.3 is 29.7 Å². The molecule has 0 rings (SSSR count). The van der Waals surface area contributed by atoms with Gasteiger partial charge in [-0.3, -0.25) is 34.6 Å². The average molecular weight is 814 g/mol. The van der Waals surface area contributed by atoms with Gasteiger partial charge < -0.3 is 102 Å². The monoisotopic (exact) mass is 814 g/mol. The van der Waals surface area contributed by atoms with Gasteiger partial charge in [0.05, 0.1) is 13.1 Å². The van der Waals surface area contributed by atoms with Crippen LogP contribution in [0.15, 0.2) is 0 Å². The van der Waals surface area contributed by atoms with E-state index < -0.39 is 35.6 Å². The zero-order valence-corrected chi connectivity index (χ0v) is 31.4. The van der Waals surface area contributed by atoms with Crippen molar-refractivity contribution < 1.29 is 71.8 Å². The number of rotatable bonds is 34. The number of carbonyl (C=O) groups is 6. The summed E-state index contributed by atoms with van der Waals surface area (Å²) in [5.74, 6) is -8.18. The minimum absolute atomic E-state index is 0. The molecule has 0 heterocycles. The van der Waals surface area contributed by atoms with Gasteiger partial charge in [0, 0.05) is 131 Å². The normalized spacial score (nSPS) is 9.75. The van der Waals surface area contributed by atoms with E-state index in [1.54, 1.807) is 5.32 Å². The lowest BCUT2D eigenvalue weighted by Gasteiger charge is -2.10. The van der Waals surface area contributed by atoms with E-state index in [-0.39, 0.29) is 45.9 Å². The number of carboxylic acid groups (broad SMARTS) is 2. The first-order chi connectivity index (χ1) is 23.7.